The molecule has 2 heterocycles. The Kier molecular flexibility index (Phi) is 9.17. The molecule has 1 fully saturated rings. The smallest absolute Gasteiger partial charge is 0.387 e. The van der Waals surface area contributed by atoms with Gasteiger partial charge in [0.25, 0.3) is 0 Å². The standard InChI is InChI=1S/C24H29F3N6O/c1-19(24(25,26)27)7-5-10-28-18-32-11-6-12-33(14-13-32)23-15-22(30-17-31-23)29-16-21(34)20-8-3-2-4-9-20/h2-5,7-10,15,17,21,34H,1,6,11-14,16,18H2,(H,29,30,31)/b7-5-,28-10-. The first-order valence-corrected chi connectivity index (χ1v) is 11.0. The van der Waals surface area contributed by atoms with Crippen molar-refractivity contribution in [3.8, 4) is 0 Å². The Hall–Kier alpha value is -3.24. The average molecular weight is 475 g/mol. The molecule has 7 nitrogen and oxygen atoms in total. The first-order valence-electron chi connectivity index (χ1n) is 11.0. The molecular formula is C24H29F3N6O. The molecule has 34 heavy (non-hydrogen) atoms. The van der Waals surface area contributed by atoms with Crippen molar-refractivity contribution in [2.24, 2.45) is 4.99 Å². The van der Waals surface area contributed by atoms with Gasteiger partial charge in [-0.3, -0.25) is 9.89 Å². The van der Waals surface area contributed by atoms with Gasteiger partial charge in [-0.15, -0.1) is 0 Å². The first-order chi connectivity index (χ1) is 16.3. The maximum absolute atomic E-state index is 12.4. The molecule has 1 saturated heterocycles. The zero-order chi connectivity index (χ0) is 24.4. The molecule has 1 atom stereocenters. The van der Waals surface area contributed by atoms with Crippen LogP contribution in [0.15, 0.2) is 72.0 Å². The van der Waals surface area contributed by atoms with Gasteiger partial charge in [0.15, 0.2) is 0 Å². The molecular weight excluding hydrogens is 445 g/mol. The molecule has 0 amide bonds. The highest BCUT2D eigenvalue weighted by atomic mass is 19.4. The van der Waals surface area contributed by atoms with E-state index in [-0.39, 0.29) is 0 Å². The van der Waals surface area contributed by atoms with Gasteiger partial charge in [-0.25, -0.2) is 9.97 Å². The number of hydrogen-bond donors (Lipinski definition) is 2. The predicted octanol–water partition coefficient (Wildman–Crippen LogP) is 3.84. The molecule has 0 radical (unpaired) electrons. The number of hydrogen-bond acceptors (Lipinski definition) is 7. The van der Waals surface area contributed by atoms with Crippen LogP contribution in [-0.2, 0) is 0 Å². The van der Waals surface area contributed by atoms with E-state index in [1.807, 2.05) is 36.4 Å². The van der Waals surface area contributed by atoms with E-state index in [1.165, 1.54) is 18.6 Å². The molecule has 1 aliphatic heterocycles. The van der Waals surface area contributed by atoms with Crippen molar-refractivity contribution in [1.29, 1.82) is 0 Å². The molecule has 3 rings (SSSR count). The Labute approximate surface area is 197 Å². The van der Waals surface area contributed by atoms with Crippen molar-refractivity contribution in [2.45, 2.75) is 18.7 Å². The number of allylic oxidation sites excluding steroid dienone is 3. The van der Waals surface area contributed by atoms with Crippen molar-refractivity contribution in [2.75, 3.05) is 49.6 Å². The summed E-state index contributed by atoms with van der Waals surface area (Å²) in [6.07, 6.45) is 0.865. The van der Waals surface area contributed by atoms with Gasteiger partial charge in [0.05, 0.1) is 12.8 Å². The van der Waals surface area contributed by atoms with Crippen LogP contribution in [0.3, 0.4) is 0 Å². The summed E-state index contributed by atoms with van der Waals surface area (Å²) in [7, 11) is 0. The quantitative estimate of drug-likeness (QED) is 0.425. The zero-order valence-electron chi connectivity index (χ0n) is 18.8. The molecule has 0 saturated carbocycles. The summed E-state index contributed by atoms with van der Waals surface area (Å²) in [5.41, 5.74) is -0.0713. The molecule has 1 unspecified atom stereocenters. The van der Waals surface area contributed by atoms with Crippen LogP contribution in [0.5, 0.6) is 0 Å². The number of aliphatic imine (C=N–C) groups is 1. The lowest BCUT2D eigenvalue weighted by Crippen LogP contribution is -2.31. The average Bonchev–Trinajstić information content (AvgIpc) is 3.08. The third-order valence-electron chi connectivity index (χ3n) is 5.36. The molecule has 0 spiro atoms. The van der Waals surface area contributed by atoms with Gasteiger partial charge in [0.2, 0.25) is 0 Å². The number of aliphatic hydroxyl groups excluding tert-OH is 1. The highest BCUT2D eigenvalue weighted by Crippen LogP contribution is 2.24. The van der Waals surface area contributed by atoms with Gasteiger partial charge in [0, 0.05) is 50.6 Å². The molecule has 0 bridgehead atoms. The molecule has 2 aromatic rings. The molecule has 1 aromatic carbocycles. The number of benzene rings is 1. The summed E-state index contributed by atoms with van der Waals surface area (Å²) in [5.74, 6) is 1.43. The van der Waals surface area contributed by atoms with Crippen LogP contribution < -0.4 is 10.2 Å². The zero-order valence-corrected chi connectivity index (χ0v) is 18.8. The van der Waals surface area contributed by atoms with E-state index in [0.717, 1.165) is 50.1 Å². The summed E-state index contributed by atoms with van der Waals surface area (Å²) in [6.45, 7) is 6.85. The van der Waals surface area contributed by atoms with Crippen molar-refractivity contribution in [3.05, 3.63) is 72.6 Å². The van der Waals surface area contributed by atoms with Crippen molar-refractivity contribution in [1.82, 2.24) is 14.9 Å². The maximum Gasteiger partial charge on any atom is 0.415 e. The summed E-state index contributed by atoms with van der Waals surface area (Å²) in [6, 6.07) is 11.3. The SMILES string of the molecule is C=C(/C=C\C=N/CN1CCCN(c2cc(NCC(O)c3ccccc3)ncn2)CC1)C(F)(F)F. The van der Waals surface area contributed by atoms with Gasteiger partial charge < -0.3 is 15.3 Å². The monoisotopic (exact) mass is 474 g/mol. The Balaban J connectivity index is 1.48. The minimum absolute atomic E-state index is 0.330. The van der Waals surface area contributed by atoms with E-state index < -0.39 is 17.9 Å². The summed E-state index contributed by atoms with van der Waals surface area (Å²) in [4.78, 5) is 17.1. The third kappa shape index (κ3) is 7.96. The van der Waals surface area contributed by atoms with E-state index in [2.05, 4.69) is 36.7 Å². The topological polar surface area (TPSA) is 76.9 Å². The van der Waals surface area contributed by atoms with E-state index in [0.29, 0.717) is 19.0 Å². The molecule has 10 heteroatoms. The number of alkyl halides is 3. The van der Waals surface area contributed by atoms with Crippen molar-refractivity contribution >= 4 is 17.9 Å². The number of anilines is 2. The first kappa shape index (κ1) is 25.4. The van der Waals surface area contributed by atoms with Crippen LogP contribution in [0.1, 0.15) is 18.1 Å². The number of halogens is 3. The molecule has 1 aromatic heterocycles. The van der Waals surface area contributed by atoms with E-state index in [9.17, 15) is 18.3 Å². The van der Waals surface area contributed by atoms with Crippen LogP contribution in [0.25, 0.3) is 0 Å². The Morgan fingerprint density at radius 3 is 2.74 bits per heavy atom. The van der Waals surface area contributed by atoms with Gasteiger partial charge in [-0.05, 0) is 24.1 Å². The van der Waals surface area contributed by atoms with Crippen LogP contribution >= 0.6 is 0 Å². The number of nitrogens with zero attached hydrogens (tertiary/aromatic N) is 5. The van der Waals surface area contributed by atoms with E-state index in [4.69, 9.17) is 0 Å². The second-order valence-corrected chi connectivity index (χ2v) is 7.88. The molecule has 0 aliphatic carbocycles. The number of rotatable bonds is 9. The largest absolute Gasteiger partial charge is 0.415 e. The second kappa shape index (κ2) is 12.3. The Morgan fingerprint density at radius 1 is 1.18 bits per heavy atom. The highest BCUT2D eigenvalue weighted by molar-refractivity contribution is 5.71. The van der Waals surface area contributed by atoms with Gasteiger partial charge in [-0.2, -0.15) is 13.2 Å². The van der Waals surface area contributed by atoms with Gasteiger partial charge in [-0.1, -0.05) is 36.9 Å². The third-order valence-corrected chi connectivity index (χ3v) is 5.36. The van der Waals surface area contributed by atoms with Crippen LogP contribution in [0.4, 0.5) is 24.8 Å². The predicted molar refractivity (Wildman–Crippen MR) is 128 cm³/mol. The summed E-state index contributed by atoms with van der Waals surface area (Å²) >= 11 is 0. The molecule has 182 valence electrons. The lowest BCUT2D eigenvalue weighted by atomic mass is 10.1. The van der Waals surface area contributed by atoms with Gasteiger partial charge in [0.1, 0.15) is 18.0 Å². The summed E-state index contributed by atoms with van der Waals surface area (Å²) in [5, 5.41) is 13.5. The fourth-order valence-electron chi connectivity index (χ4n) is 3.43. The Morgan fingerprint density at radius 2 is 1.97 bits per heavy atom. The van der Waals surface area contributed by atoms with Crippen molar-refractivity contribution in [3.63, 3.8) is 0 Å². The van der Waals surface area contributed by atoms with Gasteiger partial charge >= 0.3 is 6.18 Å². The van der Waals surface area contributed by atoms with E-state index in [1.54, 1.807) is 0 Å². The Bertz CT molecular complexity index is 980. The minimum atomic E-state index is -4.42. The normalized spacial score (nSPS) is 16.6. The van der Waals surface area contributed by atoms with Crippen LogP contribution in [0, 0.1) is 0 Å². The van der Waals surface area contributed by atoms with Crippen LogP contribution in [0.2, 0.25) is 0 Å². The van der Waals surface area contributed by atoms with E-state index >= 15 is 0 Å². The van der Waals surface area contributed by atoms with Crippen molar-refractivity contribution < 1.29 is 18.3 Å². The fraction of sp³-hybridized carbons (Fsp3) is 0.375. The minimum Gasteiger partial charge on any atom is -0.387 e. The lowest BCUT2D eigenvalue weighted by Gasteiger charge is -2.22. The molecule has 2 N–H and O–H groups in total. The van der Waals surface area contributed by atoms with Crippen LogP contribution in [-0.4, -0.2) is 71.8 Å². The highest BCUT2D eigenvalue weighted by Gasteiger charge is 2.29. The number of aromatic nitrogens is 2. The fourth-order valence-corrected chi connectivity index (χ4v) is 3.43. The second-order valence-electron chi connectivity index (χ2n) is 7.88. The number of aliphatic hydroxyl groups is 1. The molecule has 1 aliphatic rings. The maximum atomic E-state index is 12.4. The number of nitrogens with one attached hydrogen (secondary N) is 1. The summed E-state index contributed by atoms with van der Waals surface area (Å²) < 4.78 is 37.2. The lowest BCUT2D eigenvalue weighted by molar-refractivity contribution is -0.0878.